The Morgan fingerprint density at radius 1 is 1.00 bits per heavy atom. The number of urea groups is 1. The van der Waals surface area contributed by atoms with Gasteiger partial charge in [0.2, 0.25) is 0 Å². The van der Waals surface area contributed by atoms with Crippen molar-refractivity contribution in [1.82, 2.24) is 9.88 Å². The van der Waals surface area contributed by atoms with Gasteiger partial charge in [-0.05, 0) is 60.7 Å². The lowest BCUT2D eigenvalue weighted by Crippen LogP contribution is -2.44. The van der Waals surface area contributed by atoms with Gasteiger partial charge < -0.3 is 25.6 Å². The second-order valence-corrected chi connectivity index (χ2v) is 10.4. The highest BCUT2D eigenvalue weighted by Gasteiger charge is 2.25. The second kappa shape index (κ2) is 10.7. The van der Waals surface area contributed by atoms with E-state index >= 15 is 4.39 Å². The van der Waals surface area contributed by atoms with Crippen LogP contribution in [-0.4, -0.2) is 55.2 Å². The zero-order chi connectivity index (χ0) is 27.8. The molecule has 2 saturated heterocycles. The number of rotatable bonds is 5. The number of nitrogens with two attached hydrogens (primary N) is 1. The van der Waals surface area contributed by atoms with E-state index in [0.717, 1.165) is 60.1 Å². The maximum Gasteiger partial charge on any atom is 0.321 e. The van der Waals surface area contributed by atoms with Crippen molar-refractivity contribution in [1.29, 1.82) is 0 Å². The van der Waals surface area contributed by atoms with Gasteiger partial charge in [0.15, 0.2) is 0 Å². The van der Waals surface area contributed by atoms with Crippen LogP contribution in [-0.2, 0) is 0 Å². The number of amides is 2. The zero-order valence-corrected chi connectivity index (χ0v) is 22.3. The number of piperidine rings is 1. The van der Waals surface area contributed by atoms with Crippen LogP contribution in [0.3, 0.4) is 0 Å². The summed E-state index contributed by atoms with van der Waals surface area (Å²) in [5, 5.41) is 3.63. The molecule has 40 heavy (non-hydrogen) atoms. The fourth-order valence-corrected chi connectivity index (χ4v) is 5.45. The standard InChI is InChI=1S/C31H31F2N5O2/c1-40-23-15-20(14-21(32)17-23)26-18-35-28-7-6-19(16-25(28)30(26)37-12-8-22(34)9-13-37)24-4-2-5-27(33)29(24)36-31(39)38-10-3-11-38/h2,4-7,14-18,22H,3,8-13,34H2,1H3,(H,36,39). The molecule has 0 atom stereocenters. The zero-order valence-electron chi connectivity index (χ0n) is 22.3. The van der Waals surface area contributed by atoms with Crippen LogP contribution >= 0.6 is 0 Å². The minimum atomic E-state index is -0.504. The monoisotopic (exact) mass is 543 g/mol. The molecule has 3 aromatic carbocycles. The topological polar surface area (TPSA) is 83.7 Å². The Labute approximate surface area is 231 Å². The average molecular weight is 544 g/mol. The van der Waals surface area contributed by atoms with Gasteiger partial charge in [-0.25, -0.2) is 13.6 Å². The van der Waals surface area contributed by atoms with Crippen molar-refractivity contribution >= 4 is 28.3 Å². The van der Waals surface area contributed by atoms with Crippen LogP contribution in [0.15, 0.2) is 60.8 Å². The van der Waals surface area contributed by atoms with Crippen LogP contribution in [0.4, 0.5) is 25.0 Å². The third kappa shape index (κ3) is 4.93. The molecule has 206 valence electrons. The van der Waals surface area contributed by atoms with Crippen molar-refractivity contribution in [3.63, 3.8) is 0 Å². The molecule has 1 aromatic heterocycles. The van der Waals surface area contributed by atoms with Crippen molar-refractivity contribution in [2.75, 3.05) is 43.5 Å². The molecule has 0 spiro atoms. The lowest BCUT2D eigenvalue weighted by molar-refractivity contribution is 0.181. The van der Waals surface area contributed by atoms with Gasteiger partial charge in [0.05, 0.1) is 24.0 Å². The summed E-state index contributed by atoms with van der Waals surface area (Å²) >= 11 is 0. The quantitative estimate of drug-likeness (QED) is 0.322. The summed E-state index contributed by atoms with van der Waals surface area (Å²) in [4.78, 5) is 21.3. The Morgan fingerprint density at radius 2 is 1.80 bits per heavy atom. The molecule has 6 rings (SSSR count). The average Bonchev–Trinajstić information content (AvgIpc) is 2.92. The van der Waals surface area contributed by atoms with E-state index in [1.54, 1.807) is 29.3 Å². The van der Waals surface area contributed by atoms with E-state index in [1.165, 1.54) is 25.3 Å². The molecule has 7 nitrogen and oxygen atoms in total. The SMILES string of the molecule is COc1cc(F)cc(-c2cnc3ccc(-c4cccc(F)c4NC(=O)N4CCC4)cc3c2N2CCC(N)CC2)c1. The number of carbonyl (C=O) groups excluding carboxylic acids is 1. The van der Waals surface area contributed by atoms with Crippen molar-refractivity contribution in [3.05, 3.63) is 72.4 Å². The highest BCUT2D eigenvalue weighted by molar-refractivity contribution is 6.03. The lowest BCUT2D eigenvalue weighted by atomic mass is 9.95. The lowest BCUT2D eigenvalue weighted by Gasteiger charge is -2.34. The number of halogens is 2. The number of para-hydroxylation sites is 1. The number of methoxy groups -OCH3 is 1. The van der Waals surface area contributed by atoms with Crippen LogP contribution in [0.25, 0.3) is 33.2 Å². The first-order chi connectivity index (χ1) is 19.4. The van der Waals surface area contributed by atoms with E-state index < -0.39 is 11.6 Å². The number of pyridine rings is 1. The van der Waals surface area contributed by atoms with Crippen LogP contribution in [0.5, 0.6) is 5.75 Å². The number of aromatic nitrogens is 1. The van der Waals surface area contributed by atoms with Crippen molar-refractivity contribution < 1.29 is 18.3 Å². The molecule has 3 N–H and O–H groups in total. The summed E-state index contributed by atoms with van der Waals surface area (Å²) in [6, 6.07) is 14.9. The molecule has 2 fully saturated rings. The summed E-state index contributed by atoms with van der Waals surface area (Å²) in [7, 11) is 1.51. The molecule has 2 aliphatic heterocycles. The Bertz CT molecular complexity index is 1580. The molecule has 9 heteroatoms. The predicted octanol–water partition coefficient (Wildman–Crippen LogP) is 6.02. The Hall–Kier alpha value is -4.24. The number of anilines is 2. The molecule has 0 saturated carbocycles. The summed E-state index contributed by atoms with van der Waals surface area (Å²) in [5.74, 6) is -0.495. The van der Waals surface area contributed by atoms with E-state index in [-0.39, 0.29) is 17.8 Å². The summed E-state index contributed by atoms with van der Waals surface area (Å²) in [5.41, 5.74) is 10.7. The number of likely N-dealkylation sites (tertiary alicyclic amines) is 1. The van der Waals surface area contributed by atoms with E-state index in [4.69, 9.17) is 15.5 Å². The Kier molecular flexibility index (Phi) is 6.98. The van der Waals surface area contributed by atoms with Crippen LogP contribution < -0.4 is 20.7 Å². The van der Waals surface area contributed by atoms with Gasteiger partial charge in [-0.3, -0.25) is 4.98 Å². The van der Waals surface area contributed by atoms with Gasteiger partial charge in [-0.2, -0.15) is 0 Å². The first kappa shape index (κ1) is 26.0. The maximum atomic E-state index is 15.1. The molecule has 4 aromatic rings. The fraction of sp³-hybridized carbons (Fsp3) is 0.290. The second-order valence-electron chi connectivity index (χ2n) is 10.4. The van der Waals surface area contributed by atoms with E-state index in [1.807, 2.05) is 18.2 Å². The minimum Gasteiger partial charge on any atom is -0.497 e. The third-order valence-corrected chi connectivity index (χ3v) is 7.81. The first-order valence-corrected chi connectivity index (χ1v) is 13.5. The minimum absolute atomic E-state index is 0.127. The van der Waals surface area contributed by atoms with Crippen LogP contribution in [0.1, 0.15) is 19.3 Å². The summed E-state index contributed by atoms with van der Waals surface area (Å²) in [6.07, 6.45) is 4.36. The number of ether oxygens (including phenoxy) is 1. The normalized spacial score (nSPS) is 15.7. The van der Waals surface area contributed by atoms with Crippen molar-refractivity contribution in [3.8, 4) is 28.0 Å². The Balaban J connectivity index is 1.52. The number of nitrogens with one attached hydrogen (secondary N) is 1. The van der Waals surface area contributed by atoms with Crippen LogP contribution in [0, 0.1) is 11.6 Å². The number of fused-ring (bicyclic) bond motifs is 1. The fourth-order valence-electron chi connectivity index (χ4n) is 5.45. The van der Waals surface area contributed by atoms with Gasteiger partial charge in [0.1, 0.15) is 17.4 Å². The van der Waals surface area contributed by atoms with Gasteiger partial charge in [-0.15, -0.1) is 0 Å². The molecular weight excluding hydrogens is 512 g/mol. The third-order valence-electron chi connectivity index (χ3n) is 7.81. The van der Waals surface area contributed by atoms with Gasteiger partial charge in [-0.1, -0.05) is 18.2 Å². The molecule has 0 aliphatic carbocycles. The van der Waals surface area contributed by atoms with Crippen LogP contribution in [0.2, 0.25) is 0 Å². The maximum absolute atomic E-state index is 15.1. The highest BCUT2D eigenvalue weighted by atomic mass is 19.1. The summed E-state index contributed by atoms with van der Waals surface area (Å²) < 4.78 is 35.0. The largest absolute Gasteiger partial charge is 0.497 e. The highest BCUT2D eigenvalue weighted by Crippen LogP contribution is 2.41. The first-order valence-electron chi connectivity index (χ1n) is 13.5. The molecule has 0 unspecified atom stereocenters. The number of hydrogen-bond donors (Lipinski definition) is 2. The molecule has 2 amide bonds. The number of benzene rings is 3. The molecular formula is C31H31F2N5O2. The van der Waals surface area contributed by atoms with Crippen molar-refractivity contribution in [2.24, 2.45) is 5.73 Å². The van der Waals surface area contributed by atoms with E-state index in [2.05, 4.69) is 10.2 Å². The summed E-state index contributed by atoms with van der Waals surface area (Å²) in [6.45, 7) is 2.80. The molecule has 3 heterocycles. The van der Waals surface area contributed by atoms with Gasteiger partial charge in [0.25, 0.3) is 0 Å². The van der Waals surface area contributed by atoms with Gasteiger partial charge >= 0.3 is 6.03 Å². The number of carbonyl (C=O) groups is 1. The van der Waals surface area contributed by atoms with Gasteiger partial charge in [0, 0.05) is 61.0 Å². The van der Waals surface area contributed by atoms with E-state index in [9.17, 15) is 9.18 Å². The Morgan fingerprint density at radius 3 is 2.52 bits per heavy atom. The molecule has 2 aliphatic rings. The smallest absolute Gasteiger partial charge is 0.321 e. The number of hydrogen-bond acceptors (Lipinski definition) is 5. The number of nitrogens with zero attached hydrogens (tertiary/aromatic N) is 3. The van der Waals surface area contributed by atoms with Crippen molar-refractivity contribution in [2.45, 2.75) is 25.3 Å². The van der Waals surface area contributed by atoms with E-state index in [0.29, 0.717) is 30.0 Å². The molecule has 0 radical (unpaired) electrons. The molecule has 0 bridgehead atoms. The predicted molar refractivity (Wildman–Crippen MR) is 154 cm³/mol.